The third-order valence-electron chi connectivity index (χ3n) is 1.85. The lowest BCUT2D eigenvalue weighted by molar-refractivity contribution is 1.29. The van der Waals surface area contributed by atoms with Crippen molar-refractivity contribution in [2.45, 2.75) is 0 Å². The quantitative estimate of drug-likeness (QED) is 0.677. The Bertz CT molecular complexity index is 387. The largest absolute Gasteiger partial charge is 0.325 e. The first-order chi connectivity index (χ1) is 6.11. The van der Waals surface area contributed by atoms with Crippen LogP contribution in [-0.4, -0.2) is 11.7 Å². The van der Waals surface area contributed by atoms with Crippen LogP contribution in [0.2, 0.25) is 0 Å². The smallest absolute Gasteiger partial charge is 0.133 e. The Hall–Kier alpha value is -0.680. The van der Waals surface area contributed by atoms with Crippen molar-refractivity contribution in [2.75, 3.05) is 0 Å². The second-order valence-corrected chi connectivity index (χ2v) is 4.36. The highest BCUT2D eigenvalue weighted by atomic mass is 79.9. The summed E-state index contributed by atoms with van der Waals surface area (Å²) in [5, 5.41) is 17.9. The molecule has 0 unspecified atom stereocenters. The van der Waals surface area contributed by atoms with Gasteiger partial charge in [-0.3, -0.25) is 10.8 Å². The minimum atomic E-state index is 0.271. The highest BCUT2D eigenvalue weighted by molar-refractivity contribution is 9.11. The number of rotatable bonds is 0. The molecule has 0 radical (unpaired) electrons. The second-order valence-electron chi connectivity index (χ2n) is 2.65. The minimum absolute atomic E-state index is 0.271. The lowest BCUT2D eigenvalue weighted by atomic mass is 10.1. The van der Waals surface area contributed by atoms with E-state index in [2.05, 4.69) is 37.2 Å². The third-order valence-corrected chi connectivity index (χ3v) is 3.18. The normalized spacial score (nSPS) is 14.3. The molecule has 1 aromatic carbocycles. The molecule has 0 aromatic heterocycles. The molecule has 0 saturated carbocycles. The minimum Gasteiger partial charge on any atom is -0.325 e. The molecule has 0 atom stereocenters. The Balaban J connectivity index is 2.81. The Morgan fingerprint density at radius 3 is 1.69 bits per heavy atom. The monoisotopic (exact) mass is 301 g/mol. The number of nitrogens with one attached hydrogen (secondary N) is 3. The van der Waals surface area contributed by atoms with Crippen LogP contribution in [0.25, 0.3) is 0 Å². The van der Waals surface area contributed by atoms with Gasteiger partial charge in [0.05, 0.1) is 0 Å². The summed E-state index contributed by atoms with van der Waals surface area (Å²) in [5.74, 6) is 0.543. The molecule has 1 aliphatic rings. The number of fused-ring (bicyclic) bond motifs is 1. The third kappa shape index (κ3) is 1.23. The van der Waals surface area contributed by atoms with Crippen LogP contribution in [0.5, 0.6) is 0 Å². The predicted molar refractivity (Wildman–Crippen MR) is 58.6 cm³/mol. The van der Waals surface area contributed by atoms with Gasteiger partial charge in [0.2, 0.25) is 0 Å². The summed E-state index contributed by atoms with van der Waals surface area (Å²) in [6.45, 7) is 0. The molecule has 0 saturated heterocycles. The molecule has 2 rings (SSSR count). The maximum atomic E-state index is 7.60. The van der Waals surface area contributed by atoms with Crippen molar-refractivity contribution in [2.24, 2.45) is 0 Å². The molecule has 1 aromatic rings. The van der Waals surface area contributed by atoms with Gasteiger partial charge in [0, 0.05) is 20.1 Å². The molecule has 0 spiro atoms. The summed E-state index contributed by atoms with van der Waals surface area (Å²) in [6, 6.07) is 3.72. The number of hydrogen-bond donors (Lipinski definition) is 3. The molecule has 66 valence electrons. The molecule has 1 heterocycles. The van der Waals surface area contributed by atoms with Crippen molar-refractivity contribution >= 4 is 43.5 Å². The van der Waals surface area contributed by atoms with Crippen molar-refractivity contribution in [1.29, 1.82) is 10.8 Å². The van der Waals surface area contributed by atoms with Crippen molar-refractivity contribution in [3.05, 3.63) is 32.2 Å². The zero-order valence-corrected chi connectivity index (χ0v) is 9.58. The zero-order valence-electron chi connectivity index (χ0n) is 6.41. The van der Waals surface area contributed by atoms with Crippen LogP contribution >= 0.6 is 31.9 Å². The average Bonchev–Trinajstić information content (AvgIpc) is 2.36. The van der Waals surface area contributed by atoms with Crippen LogP contribution in [0.3, 0.4) is 0 Å². The molecule has 0 bridgehead atoms. The molecule has 3 N–H and O–H groups in total. The van der Waals surface area contributed by atoms with E-state index in [1.54, 1.807) is 0 Å². The fourth-order valence-electron chi connectivity index (χ4n) is 1.29. The Morgan fingerprint density at radius 1 is 0.923 bits per heavy atom. The molecular formula is C8H5Br2N3. The van der Waals surface area contributed by atoms with E-state index in [0.29, 0.717) is 0 Å². The molecule has 5 heteroatoms. The van der Waals surface area contributed by atoms with Gasteiger partial charge in [0.25, 0.3) is 0 Å². The highest BCUT2D eigenvalue weighted by Crippen LogP contribution is 2.30. The van der Waals surface area contributed by atoms with Gasteiger partial charge in [-0.05, 0) is 12.1 Å². The van der Waals surface area contributed by atoms with Crippen LogP contribution in [0, 0.1) is 10.8 Å². The fourth-order valence-corrected chi connectivity index (χ4v) is 2.35. The van der Waals surface area contributed by atoms with Gasteiger partial charge < -0.3 is 5.32 Å². The van der Waals surface area contributed by atoms with Crippen molar-refractivity contribution < 1.29 is 0 Å². The zero-order chi connectivity index (χ0) is 9.59. The van der Waals surface area contributed by atoms with Gasteiger partial charge in [-0.1, -0.05) is 31.9 Å². The van der Waals surface area contributed by atoms with Crippen LogP contribution < -0.4 is 5.32 Å². The number of benzene rings is 1. The standard InChI is InChI=1S/C8H5Br2N3/c9-3-1-2-4(10)6-5(3)7(11)13-8(6)12/h1-2H,(H3,11,12,13). The summed E-state index contributed by atoms with van der Waals surface area (Å²) < 4.78 is 1.68. The lowest BCUT2D eigenvalue weighted by Crippen LogP contribution is -2.20. The molecule has 3 nitrogen and oxygen atoms in total. The van der Waals surface area contributed by atoms with Crippen LogP contribution in [0.15, 0.2) is 21.1 Å². The van der Waals surface area contributed by atoms with E-state index in [9.17, 15) is 0 Å². The summed E-state index contributed by atoms with van der Waals surface area (Å²) in [6.07, 6.45) is 0. The maximum Gasteiger partial charge on any atom is 0.133 e. The fraction of sp³-hybridized carbons (Fsp3) is 0. The number of amidine groups is 2. The van der Waals surface area contributed by atoms with E-state index in [1.165, 1.54) is 0 Å². The van der Waals surface area contributed by atoms with Gasteiger partial charge in [0.15, 0.2) is 0 Å². The van der Waals surface area contributed by atoms with Crippen molar-refractivity contribution in [3.8, 4) is 0 Å². The molecule has 0 fully saturated rings. The van der Waals surface area contributed by atoms with Gasteiger partial charge in [-0.2, -0.15) is 0 Å². The summed E-state index contributed by atoms with van der Waals surface area (Å²) in [5.41, 5.74) is 1.50. The van der Waals surface area contributed by atoms with Crippen molar-refractivity contribution in [3.63, 3.8) is 0 Å². The van der Waals surface area contributed by atoms with Crippen LogP contribution in [0.1, 0.15) is 11.1 Å². The van der Waals surface area contributed by atoms with E-state index in [4.69, 9.17) is 10.8 Å². The van der Waals surface area contributed by atoms with Gasteiger partial charge in [0.1, 0.15) is 11.7 Å². The molecular weight excluding hydrogens is 298 g/mol. The number of hydrogen-bond acceptors (Lipinski definition) is 2. The lowest BCUT2D eigenvalue weighted by Gasteiger charge is -2.01. The van der Waals surface area contributed by atoms with E-state index >= 15 is 0 Å². The highest BCUT2D eigenvalue weighted by Gasteiger charge is 2.25. The first kappa shape index (κ1) is 8.90. The summed E-state index contributed by atoms with van der Waals surface area (Å²) in [4.78, 5) is 0. The molecule has 0 amide bonds. The topological polar surface area (TPSA) is 59.7 Å². The Morgan fingerprint density at radius 2 is 1.31 bits per heavy atom. The maximum absolute atomic E-state index is 7.60. The average molecular weight is 303 g/mol. The number of halogens is 2. The first-order valence-corrected chi connectivity index (χ1v) is 5.12. The van der Waals surface area contributed by atoms with E-state index in [0.717, 1.165) is 20.1 Å². The second kappa shape index (κ2) is 2.92. The van der Waals surface area contributed by atoms with E-state index in [-0.39, 0.29) is 11.7 Å². The molecule has 1 aliphatic heterocycles. The molecule has 0 aliphatic carbocycles. The summed E-state index contributed by atoms with van der Waals surface area (Å²) in [7, 11) is 0. The van der Waals surface area contributed by atoms with E-state index in [1.807, 2.05) is 12.1 Å². The van der Waals surface area contributed by atoms with Crippen LogP contribution in [0.4, 0.5) is 0 Å². The van der Waals surface area contributed by atoms with Gasteiger partial charge >= 0.3 is 0 Å². The first-order valence-electron chi connectivity index (χ1n) is 3.54. The van der Waals surface area contributed by atoms with Gasteiger partial charge in [-0.15, -0.1) is 0 Å². The van der Waals surface area contributed by atoms with Crippen molar-refractivity contribution in [1.82, 2.24) is 5.32 Å². The predicted octanol–water partition coefficient (Wildman–Crippen LogP) is 2.47. The summed E-state index contributed by atoms with van der Waals surface area (Å²) >= 11 is 6.70. The Labute approximate surface area is 91.8 Å². The Kier molecular flexibility index (Phi) is 2.00. The van der Waals surface area contributed by atoms with Gasteiger partial charge in [-0.25, -0.2) is 0 Å². The van der Waals surface area contributed by atoms with Crippen LogP contribution in [-0.2, 0) is 0 Å². The SMILES string of the molecule is N=C1NC(=N)c2c(Br)ccc(Br)c21. The molecule has 13 heavy (non-hydrogen) atoms. The van der Waals surface area contributed by atoms with E-state index < -0.39 is 0 Å².